The van der Waals surface area contributed by atoms with Crippen molar-refractivity contribution in [1.82, 2.24) is 5.32 Å². The zero-order valence-electron chi connectivity index (χ0n) is 17.5. The molecule has 144 valence electrons. The van der Waals surface area contributed by atoms with Gasteiger partial charge in [0.1, 0.15) is 5.75 Å². The van der Waals surface area contributed by atoms with E-state index in [9.17, 15) is 9.90 Å². The van der Waals surface area contributed by atoms with E-state index in [-0.39, 0.29) is 16.6 Å². The van der Waals surface area contributed by atoms with Crippen molar-refractivity contribution in [2.45, 2.75) is 66.2 Å². The fraction of sp³-hybridized carbons (Fsp3) is 0.545. The number of carbonyl (C=O) groups is 1. The highest BCUT2D eigenvalue weighted by atomic mass is 16.3. The molecule has 0 aliphatic heterocycles. The molecule has 0 aromatic heterocycles. The second-order valence-corrected chi connectivity index (χ2v) is 8.86. The summed E-state index contributed by atoms with van der Waals surface area (Å²) in [7, 11) is 0. The highest BCUT2D eigenvalue weighted by molar-refractivity contribution is 5.87. The van der Waals surface area contributed by atoms with Gasteiger partial charge in [0.05, 0.1) is 6.54 Å². The largest absolute Gasteiger partial charge is 0.507 e. The summed E-state index contributed by atoms with van der Waals surface area (Å²) in [6, 6.07) is 4.12. The molecule has 0 saturated carbocycles. The van der Waals surface area contributed by atoms with Crippen molar-refractivity contribution >= 4 is 12.0 Å². The Labute approximate surface area is 158 Å². The summed E-state index contributed by atoms with van der Waals surface area (Å²) in [5.41, 5.74) is 3.54. The van der Waals surface area contributed by atoms with Crippen molar-refractivity contribution in [2.24, 2.45) is 4.99 Å². The average molecular weight is 359 g/mol. The maximum absolute atomic E-state index is 11.0. The van der Waals surface area contributed by atoms with E-state index in [0.29, 0.717) is 18.8 Å². The summed E-state index contributed by atoms with van der Waals surface area (Å²) in [5.74, 6) is 0.326. The molecule has 0 aliphatic rings. The van der Waals surface area contributed by atoms with Crippen LogP contribution in [0.5, 0.6) is 5.75 Å². The van der Waals surface area contributed by atoms with E-state index in [1.165, 1.54) is 12.5 Å². The van der Waals surface area contributed by atoms with Gasteiger partial charge in [-0.05, 0) is 42.4 Å². The lowest BCUT2D eigenvalue weighted by atomic mass is 9.79. The van der Waals surface area contributed by atoms with Crippen molar-refractivity contribution in [3.8, 4) is 5.75 Å². The van der Waals surface area contributed by atoms with Crippen LogP contribution in [0.3, 0.4) is 0 Å². The number of nitrogens with zero attached hydrogens (tertiary/aromatic N) is 1. The van der Waals surface area contributed by atoms with Gasteiger partial charge in [-0.15, -0.1) is 0 Å². The number of nitrogens with one attached hydrogen (secondary N) is 1. The predicted octanol–water partition coefficient (Wildman–Crippen LogP) is 4.49. The van der Waals surface area contributed by atoms with Gasteiger partial charge in [-0.25, -0.2) is 0 Å². The van der Waals surface area contributed by atoms with Gasteiger partial charge in [0, 0.05) is 29.6 Å². The minimum atomic E-state index is -0.149. The third kappa shape index (κ3) is 6.66. The maximum Gasteiger partial charge on any atom is 0.154 e. The zero-order chi connectivity index (χ0) is 20.1. The van der Waals surface area contributed by atoms with Crippen LogP contribution in [0, 0.1) is 0 Å². The van der Waals surface area contributed by atoms with Gasteiger partial charge in [0.2, 0.25) is 0 Å². The van der Waals surface area contributed by atoms with Crippen molar-refractivity contribution in [1.29, 1.82) is 0 Å². The Morgan fingerprint density at radius 1 is 1.12 bits per heavy atom. The number of carbonyl (C=O) groups excluding carboxylic acids is 1. The van der Waals surface area contributed by atoms with Gasteiger partial charge in [0.15, 0.2) is 5.78 Å². The third-order valence-corrected chi connectivity index (χ3v) is 4.11. The molecule has 1 aromatic carbocycles. The maximum atomic E-state index is 11.0. The lowest BCUT2D eigenvalue weighted by Crippen LogP contribution is -2.18. The number of phenolic OH excluding ortho intramolecular Hbond substituents is 1. The standard InChI is InChI=1S/C22H34N2O2/c1-15(11-16(2)25)24-10-9-23-14-17-12-18(21(3,4)5)13-19(20(17)26)22(6,7)8/h11-14,24,26H,9-10H2,1-8H3/b15-11+,23-14?. The number of hydrogen-bond donors (Lipinski definition) is 2. The predicted molar refractivity (Wildman–Crippen MR) is 110 cm³/mol. The van der Waals surface area contributed by atoms with Crippen LogP contribution in [0.1, 0.15) is 72.1 Å². The van der Waals surface area contributed by atoms with Crippen LogP contribution < -0.4 is 5.32 Å². The van der Waals surface area contributed by atoms with Gasteiger partial charge in [-0.1, -0.05) is 47.6 Å². The lowest BCUT2D eigenvalue weighted by molar-refractivity contribution is -0.112. The van der Waals surface area contributed by atoms with Gasteiger partial charge in [0.25, 0.3) is 0 Å². The van der Waals surface area contributed by atoms with Crippen LogP contribution >= 0.6 is 0 Å². The molecule has 4 heteroatoms. The molecule has 0 fully saturated rings. The van der Waals surface area contributed by atoms with Crippen molar-refractivity contribution in [3.63, 3.8) is 0 Å². The number of ketones is 1. The molecule has 0 bridgehead atoms. The third-order valence-electron chi connectivity index (χ3n) is 4.11. The molecule has 1 rings (SSSR count). The summed E-state index contributed by atoms with van der Waals surface area (Å²) in [4.78, 5) is 15.5. The van der Waals surface area contributed by atoms with Gasteiger partial charge >= 0.3 is 0 Å². The van der Waals surface area contributed by atoms with Crippen molar-refractivity contribution in [2.75, 3.05) is 13.1 Å². The van der Waals surface area contributed by atoms with E-state index in [1.807, 2.05) is 13.0 Å². The Kier molecular flexibility index (Phi) is 7.19. The Morgan fingerprint density at radius 2 is 1.73 bits per heavy atom. The fourth-order valence-electron chi connectivity index (χ4n) is 2.60. The summed E-state index contributed by atoms with van der Waals surface area (Å²) >= 11 is 0. The van der Waals surface area contributed by atoms with Crippen molar-refractivity contribution in [3.05, 3.63) is 40.6 Å². The quantitative estimate of drug-likeness (QED) is 0.447. The molecule has 4 nitrogen and oxygen atoms in total. The SMILES string of the molecule is CC(=O)/C=C(\C)NCCN=Cc1cc(C(C)(C)C)cc(C(C)(C)C)c1O. The van der Waals surface area contributed by atoms with Gasteiger partial charge < -0.3 is 10.4 Å². The second kappa shape index (κ2) is 8.52. The van der Waals surface area contributed by atoms with Crippen LogP contribution in [-0.4, -0.2) is 30.2 Å². The molecule has 0 spiro atoms. The molecule has 0 unspecified atom stereocenters. The highest BCUT2D eigenvalue weighted by Crippen LogP contribution is 2.37. The summed E-state index contributed by atoms with van der Waals surface area (Å²) < 4.78 is 0. The van der Waals surface area contributed by atoms with Gasteiger partial charge in [-0.3, -0.25) is 9.79 Å². The lowest BCUT2D eigenvalue weighted by Gasteiger charge is -2.27. The minimum Gasteiger partial charge on any atom is -0.507 e. The number of rotatable bonds is 6. The number of benzene rings is 1. The molecule has 0 saturated heterocycles. The smallest absolute Gasteiger partial charge is 0.154 e. The molecule has 26 heavy (non-hydrogen) atoms. The zero-order valence-corrected chi connectivity index (χ0v) is 17.5. The van der Waals surface area contributed by atoms with Gasteiger partial charge in [-0.2, -0.15) is 0 Å². The average Bonchev–Trinajstić information content (AvgIpc) is 2.45. The first kappa shape index (κ1) is 21.9. The van der Waals surface area contributed by atoms with E-state index in [0.717, 1.165) is 16.8 Å². The number of allylic oxidation sites excluding steroid dienone is 2. The Morgan fingerprint density at radius 3 is 2.23 bits per heavy atom. The first-order valence-electron chi connectivity index (χ1n) is 9.13. The molecule has 1 aromatic rings. The number of hydrogen-bond acceptors (Lipinski definition) is 4. The minimum absolute atomic E-state index is 0.00750. The van der Waals surface area contributed by atoms with E-state index in [4.69, 9.17) is 0 Å². The Bertz CT molecular complexity index is 702. The number of aliphatic imine (C=N–C) groups is 1. The van der Waals surface area contributed by atoms with E-state index in [1.54, 1.807) is 12.3 Å². The summed E-state index contributed by atoms with van der Waals surface area (Å²) in [6.45, 7) is 17.4. The van der Waals surface area contributed by atoms with Crippen LogP contribution in [0.4, 0.5) is 0 Å². The first-order chi connectivity index (χ1) is 11.8. The summed E-state index contributed by atoms with van der Waals surface area (Å²) in [5, 5.41) is 13.9. The highest BCUT2D eigenvalue weighted by Gasteiger charge is 2.24. The fourth-order valence-corrected chi connectivity index (χ4v) is 2.60. The van der Waals surface area contributed by atoms with Crippen molar-refractivity contribution < 1.29 is 9.90 Å². The topological polar surface area (TPSA) is 61.7 Å². The monoisotopic (exact) mass is 358 g/mol. The second-order valence-electron chi connectivity index (χ2n) is 8.86. The molecule has 0 atom stereocenters. The molecule has 0 radical (unpaired) electrons. The first-order valence-corrected chi connectivity index (χ1v) is 9.13. The molecular weight excluding hydrogens is 324 g/mol. The molecule has 0 heterocycles. The van der Waals surface area contributed by atoms with Crippen LogP contribution in [-0.2, 0) is 15.6 Å². The van der Waals surface area contributed by atoms with Crippen LogP contribution in [0.25, 0.3) is 0 Å². The van der Waals surface area contributed by atoms with Crippen LogP contribution in [0.2, 0.25) is 0 Å². The number of aromatic hydroxyl groups is 1. The van der Waals surface area contributed by atoms with E-state index < -0.39 is 0 Å². The van der Waals surface area contributed by atoms with E-state index in [2.05, 4.69) is 57.9 Å². The molecular formula is C22H34N2O2. The normalized spacial score (nSPS) is 13.3. The Hall–Kier alpha value is -2.10. The summed E-state index contributed by atoms with van der Waals surface area (Å²) in [6.07, 6.45) is 3.31. The molecule has 2 N–H and O–H groups in total. The Balaban J connectivity index is 3.00. The molecule has 0 aliphatic carbocycles. The molecule has 0 amide bonds. The van der Waals surface area contributed by atoms with Crippen LogP contribution in [0.15, 0.2) is 28.9 Å². The van der Waals surface area contributed by atoms with E-state index >= 15 is 0 Å². The number of phenols is 1.